The molecular formula is C21H27N5. The molecule has 136 valence electrons. The molecular weight excluding hydrogens is 322 g/mol. The lowest BCUT2D eigenvalue weighted by Gasteiger charge is -2.29. The Kier molecular flexibility index (Phi) is 5.04. The van der Waals surface area contributed by atoms with Crippen molar-refractivity contribution in [2.45, 2.75) is 38.8 Å². The second-order valence-electron chi connectivity index (χ2n) is 6.99. The third kappa shape index (κ3) is 3.66. The number of rotatable bonds is 3. The Balaban J connectivity index is 1.36. The molecule has 1 aromatic heterocycles. The van der Waals surface area contributed by atoms with Gasteiger partial charge in [-0.15, -0.1) is 0 Å². The van der Waals surface area contributed by atoms with E-state index < -0.39 is 0 Å². The number of hydrogen-bond donors (Lipinski definition) is 1. The smallest absolute Gasteiger partial charge is 0.194 e. The summed E-state index contributed by atoms with van der Waals surface area (Å²) in [5.74, 6) is 2.19. The molecule has 2 aromatic rings. The Morgan fingerprint density at radius 2 is 2.04 bits per heavy atom. The Morgan fingerprint density at radius 3 is 2.77 bits per heavy atom. The number of fused-ring (bicyclic) bond motifs is 1. The van der Waals surface area contributed by atoms with E-state index in [0.29, 0.717) is 0 Å². The maximum atomic E-state index is 4.77. The van der Waals surface area contributed by atoms with E-state index >= 15 is 0 Å². The van der Waals surface area contributed by atoms with Crippen LogP contribution in [0.25, 0.3) is 5.57 Å². The van der Waals surface area contributed by atoms with Gasteiger partial charge in [-0.25, -0.2) is 4.98 Å². The molecule has 0 radical (unpaired) electrons. The highest BCUT2D eigenvalue weighted by Gasteiger charge is 2.17. The summed E-state index contributed by atoms with van der Waals surface area (Å²) in [7, 11) is 1.86. The maximum absolute atomic E-state index is 4.77. The van der Waals surface area contributed by atoms with Crippen LogP contribution in [0.2, 0.25) is 0 Å². The van der Waals surface area contributed by atoms with E-state index in [9.17, 15) is 0 Å². The highest BCUT2D eigenvalue weighted by Crippen LogP contribution is 2.22. The van der Waals surface area contributed by atoms with Gasteiger partial charge in [-0.3, -0.25) is 4.99 Å². The fourth-order valence-electron chi connectivity index (χ4n) is 3.83. The number of aliphatic imine (C=N–C) groups is 1. The van der Waals surface area contributed by atoms with Crippen LogP contribution in [0.15, 0.2) is 47.6 Å². The van der Waals surface area contributed by atoms with E-state index in [1.54, 1.807) is 0 Å². The number of benzene rings is 1. The molecule has 5 heteroatoms. The summed E-state index contributed by atoms with van der Waals surface area (Å²) >= 11 is 0. The molecule has 2 aliphatic rings. The first kappa shape index (κ1) is 16.9. The quantitative estimate of drug-likeness (QED) is 0.684. The first-order chi connectivity index (χ1) is 12.8. The van der Waals surface area contributed by atoms with Gasteiger partial charge in [-0.2, -0.15) is 0 Å². The molecule has 26 heavy (non-hydrogen) atoms. The maximum Gasteiger partial charge on any atom is 0.194 e. The normalized spacial score (nSPS) is 17.7. The van der Waals surface area contributed by atoms with Crippen molar-refractivity contribution in [3.8, 4) is 0 Å². The molecule has 5 nitrogen and oxygen atoms in total. The topological polar surface area (TPSA) is 45.5 Å². The van der Waals surface area contributed by atoms with Crippen molar-refractivity contribution >= 4 is 11.5 Å². The van der Waals surface area contributed by atoms with Gasteiger partial charge in [0, 0.05) is 39.3 Å². The highest BCUT2D eigenvalue weighted by atomic mass is 15.3. The van der Waals surface area contributed by atoms with Crippen LogP contribution in [0.1, 0.15) is 36.3 Å². The van der Waals surface area contributed by atoms with E-state index in [2.05, 4.69) is 62.4 Å². The van der Waals surface area contributed by atoms with Gasteiger partial charge in [-0.1, -0.05) is 36.4 Å². The molecule has 0 saturated heterocycles. The number of aromatic nitrogens is 2. The minimum atomic E-state index is 0.735. The van der Waals surface area contributed by atoms with Gasteiger partial charge in [0.25, 0.3) is 0 Å². The summed E-state index contributed by atoms with van der Waals surface area (Å²) in [5, 5.41) is 3.49. The molecule has 1 N–H and O–H groups in total. The summed E-state index contributed by atoms with van der Waals surface area (Å²) < 4.78 is 2.30. The van der Waals surface area contributed by atoms with Crippen molar-refractivity contribution in [1.29, 1.82) is 0 Å². The lowest BCUT2D eigenvalue weighted by atomic mass is 10.00. The van der Waals surface area contributed by atoms with E-state index in [-0.39, 0.29) is 0 Å². The first-order valence-electron chi connectivity index (χ1n) is 9.58. The van der Waals surface area contributed by atoms with Crippen LogP contribution >= 0.6 is 0 Å². The average Bonchev–Trinajstić information content (AvgIpc) is 3.12. The molecule has 1 aromatic carbocycles. The minimum Gasteiger partial charge on any atom is -0.351 e. The fourth-order valence-corrected chi connectivity index (χ4v) is 3.83. The van der Waals surface area contributed by atoms with Gasteiger partial charge in [0.05, 0.1) is 12.2 Å². The molecule has 0 fully saturated rings. The van der Waals surface area contributed by atoms with Gasteiger partial charge in [0.1, 0.15) is 5.82 Å². The largest absolute Gasteiger partial charge is 0.351 e. The summed E-state index contributed by atoms with van der Waals surface area (Å²) in [4.78, 5) is 11.6. The van der Waals surface area contributed by atoms with Crippen molar-refractivity contribution < 1.29 is 0 Å². The number of hydrogen-bond acceptors (Lipinski definition) is 2. The molecule has 0 bridgehead atoms. The third-order valence-electron chi connectivity index (χ3n) is 5.25. The molecule has 0 unspecified atom stereocenters. The van der Waals surface area contributed by atoms with Crippen LogP contribution in [0, 0.1) is 0 Å². The Morgan fingerprint density at radius 1 is 1.15 bits per heavy atom. The molecule has 0 amide bonds. The van der Waals surface area contributed by atoms with Gasteiger partial charge in [-0.05, 0) is 30.4 Å². The van der Waals surface area contributed by atoms with Gasteiger partial charge >= 0.3 is 0 Å². The predicted molar refractivity (Wildman–Crippen MR) is 106 cm³/mol. The first-order valence-corrected chi connectivity index (χ1v) is 9.58. The summed E-state index contributed by atoms with van der Waals surface area (Å²) in [6.07, 6.45) is 9.19. The van der Waals surface area contributed by atoms with Crippen molar-refractivity contribution in [3.05, 3.63) is 59.7 Å². The lowest BCUT2D eigenvalue weighted by Crippen LogP contribution is -2.43. The molecule has 0 spiro atoms. The summed E-state index contributed by atoms with van der Waals surface area (Å²) in [5.41, 5.74) is 3.87. The lowest BCUT2D eigenvalue weighted by molar-refractivity contribution is 0.439. The zero-order valence-electron chi connectivity index (χ0n) is 15.5. The van der Waals surface area contributed by atoms with Crippen molar-refractivity contribution in [2.24, 2.45) is 4.99 Å². The number of nitrogens with zero attached hydrogens (tertiary/aromatic N) is 4. The van der Waals surface area contributed by atoms with Gasteiger partial charge in [0.2, 0.25) is 0 Å². The number of guanidine groups is 1. The van der Waals surface area contributed by atoms with E-state index in [0.717, 1.165) is 50.7 Å². The Labute approximate surface area is 155 Å². The zero-order valence-corrected chi connectivity index (χ0v) is 15.5. The number of imidazole rings is 1. The van der Waals surface area contributed by atoms with Gasteiger partial charge < -0.3 is 14.8 Å². The predicted octanol–water partition coefficient (Wildman–Crippen LogP) is 3.08. The molecule has 3 heterocycles. The Bertz CT molecular complexity index is 780. The van der Waals surface area contributed by atoms with Crippen molar-refractivity contribution in [3.63, 3.8) is 0 Å². The van der Waals surface area contributed by atoms with Crippen molar-refractivity contribution in [2.75, 3.05) is 20.1 Å². The third-order valence-corrected chi connectivity index (χ3v) is 5.25. The fraction of sp³-hybridized carbons (Fsp3) is 0.429. The zero-order chi connectivity index (χ0) is 17.8. The van der Waals surface area contributed by atoms with Crippen LogP contribution in [0.3, 0.4) is 0 Å². The monoisotopic (exact) mass is 349 g/mol. The second kappa shape index (κ2) is 7.77. The van der Waals surface area contributed by atoms with Crippen molar-refractivity contribution in [1.82, 2.24) is 19.8 Å². The van der Waals surface area contributed by atoms with Crippen LogP contribution in [0.5, 0.6) is 0 Å². The van der Waals surface area contributed by atoms with E-state index in [1.165, 1.54) is 29.8 Å². The Hall–Kier alpha value is -2.56. The summed E-state index contributed by atoms with van der Waals surface area (Å²) in [6.45, 7) is 3.72. The molecule has 4 rings (SSSR count). The molecule has 0 aliphatic carbocycles. The van der Waals surface area contributed by atoms with E-state index in [1.807, 2.05) is 7.05 Å². The minimum absolute atomic E-state index is 0.735. The second-order valence-corrected chi connectivity index (χ2v) is 6.99. The van der Waals surface area contributed by atoms with Crippen LogP contribution in [-0.2, 0) is 19.5 Å². The standard InChI is InChI=1S/C21H27N5/c1-22-21(23-15-19-16-26-12-6-5-9-20(26)24-19)25-13-10-18(11-14-25)17-7-3-2-4-8-17/h2-4,7-8,10,16H,5-6,9,11-15H2,1H3,(H,22,23). The van der Waals surface area contributed by atoms with Gasteiger partial charge in [0.15, 0.2) is 5.96 Å². The van der Waals surface area contributed by atoms with Crippen LogP contribution in [0.4, 0.5) is 0 Å². The van der Waals surface area contributed by atoms with Crippen LogP contribution in [-0.4, -0.2) is 40.5 Å². The SMILES string of the molecule is CN=C(NCc1cn2c(n1)CCCC2)N1CC=C(c2ccccc2)CC1. The summed E-state index contributed by atoms with van der Waals surface area (Å²) in [6, 6.07) is 10.7. The number of aryl methyl sites for hydroxylation is 2. The molecule has 0 saturated carbocycles. The van der Waals surface area contributed by atoms with E-state index in [4.69, 9.17) is 4.98 Å². The molecule has 0 atom stereocenters. The number of nitrogens with one attached hydrogen (secondary N) is 1. The van der Waals surface area contributed by atoms with Crippen LogP contribution < -0.4 is 5.32 Å². The highest BCUT2D eigenvalue weighted by molar-refractivity contribution is 5.81. The average molecular weight is 349 g/mol. The molecule has 2 aliphatic heterocycles.